The van der Waals surface area contributed by atoms with Gasteiger partial charge in [-0.25, -0.2) is 4.98 Å². The van der Waals surface area contributed by atoms with E-state index in [0.29, 0.717) is 5.01 Å². The van der Waals surface area contributed by atoms with E-state index in [1.807, 2.05) is 23.1 Å². The molecule has 1 aromatic heterocycles. The quantitative estimate of drug-likeness (QED) is 0.847. The van der Waals surface area contributed by atoms with Gasteiger partial charge in [-0.3, -0.25) is 4.79 Å². The van der Waals surface area contributed by atoms with Gasteiger partial charge in [-0.1, -0.05) is 0 Å². The predicted octanol–water partition coefficient (Wildman–Crippen LogP) is 2.93. The number of hydrogen-bond acceptors (Lipinski definition) is 4. The lowest BCUT2D eigenvalue weighted by Crippen LogP contribution is -2.35. The van der Waals surface area contributed by atoms with Crippen molar-refractivity contribution in [3.8, 4) is 5.75 Å². The summed E-state index contributed by atoms with van der Waals surface area (Å²) in [5, 5.41) is 0.588. The zero-order valence-corrected chi connectivity index (χ0v) is 11.7. The van der Waals surface area contributed by atoms with Gasteiger partial charge in [0.2, 0.25) is 0 Å². The summed E-state index contributed by atoms with van der Waals surface area (Å²) < 4.78 is 6.19. The Labute approximate surface area is 116 Å². The van der Waals surface area contributed by atoms with E-state index in [-0.39, 0.29) is 5.91 Å². The van der Waals surface area contributed by atoms with Crippen LogP contribution in [0.4, 0.5) is 0 Å². The van der Waals surface area contributed by atoms with Crippen LogP contribution in [0.5, 0.6) is 5.75 Å². The maximum atomic E-state index is 12.4. The number of carbonyl (C=O) groups is 1. The number of methoxy groups -OCH3 is 1. The van der Waals surface area contributed by atoms with Gasteiger partial charge in [-0.2, -0.15) is 0 Å². The van der Waals surface area contributed by atoms with Gasteiger partial charge in [0.1, 0.15) is 5.75 Å². The molecule has 0 atom stereocenters. The van der Waals surface area contributed by atoms with Crippen LogP contribution in [0.1, 0.15) is 29.1 Å². The fourth-order valence-corrected chi connectivity index (χ4v) is 3.32. The van der Waals surface area contributed by atoms with Crippen LogP contribution in [0.15, 0.2) is 18.2 Å². The molecular weight excluding hydrogens is 260 g/mol. The summed E-state index contributed by atoms with van der Waals surface area (Å²) in [6.45, 7) is 1.72. The number of nitrogens with zero attached hydrogens (tertiary/aromatic N) is 2. The number of amides is 1. The van der Waals surface area contributed by atoms with Gasteiger partial charge in [-0.15, -0.1) is 11.3 Å². The average molecular weight is 276 g/mol. The second kappa shape index (κ2) is 5.17. The first-order valence-electron chi connectivity index (χ1n) is 6.52. The van der Waals surface area contributed by atoms with Crippen molar-refractivity contribution in [1.29, 1.82) is 0 Å². The molecule has 0 saturated carbocycles. The second-order valence-corrected chi connectivity index (χ2v) is 5.74. The molecule has 100 valence electrons. The Balaban J connectivity index is 1.89. The first kappa shape index (κ1) is 12.4. The first-order chi connectivity index (χ1) is 9.28. The molecule has 0 unspecified atom stereocenters. The molecule has 1 saturated heterocycles. The molecule has 1 aromatic carbocycles. The van der Waals surface area contributed by atoms with Crippen molar-refractivity contribution in [2.45, 2.75) is 19.3 Å². The number of carbonyl (C=O) groups excluding carboxylic acids is 1. The lowest BCUT2D eigenvalue weighted by atomic mass is 10.1. The number of aromatic nitrogens is 1. The van der Waals surface area contributed by atoms with Crippen LogP contribution in [0.25, 0.3) is 10.2 Å². The molecule has 5 heteroatoms. The Bertz CT molecular complexity index is 603. The third-order valence-corrected chi connectivity index (χ3v) is 4.43. The molecule has 1 aliphatic heterocycles. The van der Waals surface area contributed by atoms with Gasteiger partial charge in [-0.05, 0) is 37.5 Å². The minimum absolute atomic E-state index is 0.0693. The maximum Gasteiger partial charge on any atom is 0.282 e. The zero-order valence-electron chi connectivity index (χ0n) is 10.9. The van der Waals surface area contributed by atoms with Crippen molar-refractivity contribution in [3.63, 3.8) is 0 Å². The van der Waals surface area contributed by atoms with Crippen LogP contribution in [0, 0.1) is 0 Å². The maximum absolute atomic E-state index is 12.4. The minimum Gasteiger partial charge on any atom is -0.497 e. The number of benzene rings is 1. The van der Waals surface area contributed by atoms with Crippen molar-refractivity contribution < 1.29 is 9.53 Å². The fraction of sp³-hybridized carbons (Fsp3) is 0.429. The number of hydrogen-bond donors (Lipinski definition) is 0. The monoisotopic (exact) mass is 276 g/mol. The Morgan fingerprint density at radius 2 is 2.11 bits per heavy atom. The fourth-order valence-electron chi connectivity index (χ4n) is 2.36. The molecule has 0 N–H and O–H groups in total. The van der Waals surface area contributed by atoms with E-state index in [2.05, 4.69) is 4.98 Å². The van der Waals surface area contributed by atoms with E-state index in [0.717, 1.165) is 41.9 Å². The van der Waals surface area contributed by atoms with E-state index in [1.165, 1.54) is 17.8 Å². The third kappa shape index (κ3) is 2.42. The third-order valence-electron chi connectivity index (χ3n) is 3.42. The summed E-state index contributed by atoms with van der Waals surface area (Å²) in [7, 11) is 1.64. The molecule has 1 aliphatic rings. The summed E-state index contributed by atoms with van der Waals surface area (Å²) in [5.41, 5.74) is 0.867. The van der Waals surface area contributed by atoms with E-state index in [9.17, 15) is 4.79 Å². The number of piperidine rings is 1. The molecule has 1 fully saturated rings. The van der Waals surface area contributed by atoms with Crippen LogP contribution in [-0.4, -0.2) is 36.0 Å². The van der Waals surface area contributed by atoms with E-state index in [4.69, 9.17) is 4.74 Å². The Morgan fingerprint density at radius 3 is 2.84 bits per heavy atom. The molecule has 4 nitrogen and oxygen atoms in total. The van der Waals surface area contributed by atoms with Crippen molar-refractivity contribution in [1.82, 2.24) is 9.88 Å². The minimum atomic E-state index is 0.0693. The van der Waals surface area contributed by atoms with Crippen LogP contribution in [0.3, 0.4) is 0 Å². The van der Waals surface area contributed by atoms with E-state index in [1.54, 1.807) is 7.11 Å². The number of ether oxygens (including phenoxy) is 1. The number of thiazole rings is 1. The predicted molar refractivity (Wildman–Crippen MR) is 75.9 cm³/mol. The molecule has 2 heterocycles. The molecule has 2 aromatic rings. The van der Waals surface area contributed by atoms with Gasteiger partial charge >= 0.3 is 0 Å². The van der Waals surface area contributed by atoms with Crippen molar-refractivity contribution in [2.24, 2.45) is 0 Å². The van der Waals surface area contributed by atoms with Crippen LogP contribution in [-0.2, 0) is 0 Å². The number of fused-ring (bicyclic) bond motifs is 1. The van der Waals surface area contributed by atoms with Crippen molar-refractivity contribution in [3.05, 3.63) is 23.2 Å². The smallest absolute Gasteiger partial charge is 0.282 e. The normalized spacial score (nSPS) is 15.7. The average Bonchev–Trinajstić information content (AvgIpc) is 2.90. The van der Waals surface area contributed by atoms with Crippen LogP contribution in [0.2, 0.25) is 0 Å². The summed E-state index contributed by atoms with van der Waals surface area (Å²) in [5.74, 6) is 0.869. The SMILES string of the molecule is COc1ccc2nc(C(=O)N3CCCCC3)sc2c1. The Kier molecular flexibility index (Phi) is 3.38. The summed E-state index contributed by atoms with van der Waals surface area (Å²) in [6.07, 6.45) is 3.43. The summed E-state index contributed by atoms with van der Waals surface area (Å²) in [6, 6.07) is 5.70. The second-order valence-electron chi connectivity index (χ2n) is 4.71. The lowest BCUT2D eigenvalue weighted by Gasteiger charge is -2.25. The van der Waals surface area contributed by atoms with Crippen molar-refractivity contribution in [2.75, 3.05) is 20.2 Å². The molecule has 3 rings (SSSR count). The Hall–Kier alpha value is -1.62. The highest BCUT2D eigenvalue weighted by atomic mass is 32.1. The highest BCUT2D eigenvalue weighted by Gasteiger charge is 2.21. The van der Waals surface area contributed by atoms with Crippen LogP contribution < -0.4 is 4.74 Å². The van der Waals surface area contributed by atoms with Gasteiger partial charge in [0.25, 0.3) is 5.91 Å². The highest BCUT2D eigenvalue weighted by Crippen LogP contribution is 2.27. The Morgan fingerprint density at radius 1 is 1.32 bits per heavy atom. The van der Waals surface area contributed by atoms with Gasteiger partial charge in [0, 0.05) is 13.1 Å². The van der Waals surface area contributed by atoms with E-state index < -0.39 is 0 Å². The lowest BCUT2D eigenvalue weighted by molar-refractivity contribution is 0.0724. The molecule has 0 aliphatic carbocycles. The zero-order chi connectivity index (χ0) is 13.2. The summed E-state index contributed by atoms with van der Waals surface area (Å²) in [4.78, 5) is 18.7. The van der Waals surface area contributed by atoms with Gasteiger partial charge in [0.05, 0.1) is 17.3 Å². The number of rotatable bonds is 2. The first-order valence-corrected chi connectivity index (χ1v) is 7.33. The standard InChI is InChI=1S/C14H16N2O2S/c1-18-10-5-6-11-12(9-10)19-13(15-11)14(17)16-7-3-2-4-8-16/h5-6,9H,2-4,7-8H2,1H3. The summed E-state index contributed by atoms with van der Waals surface area (Å²) >= 11 is 1.45. The molecule has 0 bridgehead atoms. The topological polar surface area (TPSA) is 42.4 Å². The molecular formula is C14H16N2O2S. The number of likely N-dealkylation sites (tertiary alicyclic amines) is 1. The highest BCUT2D eigenvalue weighted by molar-refractivity contribution is 7.20. The van der Waals surface area contributed by atoms with Crippen molar-refractivity contribution >= 4 is 27.5 Å². The molecule has 19 heavy (non-hydrogen) atoms. The van der Waals surface area contributed by atoms with E-state index >= 15 is 0 Å². The molecule has 0 spiro atoms. The molecule has 0 radical (unpaired) electrons. The van der Waals surface area contributed by atoms with Crippen LogP contribution >= 0.6 is 11.3 Å². The largest absolute Gasteiger partial charge is 0.497 e. The van der Waals surface area contributed by atoms with Gasteiger partial charge < -0.3 is 9.64 Å². The molecule has 1 amide bonds. The van der Waals surface area contributed by atoms with Gasteiger partial charge in [0.15, 0.2) is 5.01 Å².